The number of aromatic amines is 1. The Labute approximate surface area is 157 Å². The molecule has 0 unspecified atom stereocenters. The van der Waals surface area contributed by atoms with Gasteiger partial charge in [-0.2, -0.15) is 5.10 Å². The zero-order valence-electron chi connectivity index (χ0n) is 15.5. The van der Waals surface area contributed by atoms with Gasteiger partial charge in [0.1, 0.15) is 6.10 Å². The SMILES string of the molecule is CC(C)NC(=O)O[C@H]1CC[C@@H](c2cc(Nc3ccc4c(c3)OCO4)n[nH]2)C1. The zero-order chi connectivity index (χ0) is 18.8. The number of anilines is 2. The minimum atomic E-state index is -0.342. The highest BCUT2D eigenvalue weighted by atomic mass is 16.7. The van der Waals surface area contributed by atoms with Gasteiger partial charge >= 0.3 is 6.09 Å². The summed E-state index contributed by atoms with van der Waals surface area (Å²) in [5, 5.41) is 13.5. The Morgan fingerprint density at radius 1 is 1.26 bits per heavy atom. The molecule has 0 bridgehead atoms. The van der Waals surface area contributed by atoms with E-state index in [0.717, 1.165) is 48.0 Å². The third-order valence-corrected chi connectivity index (χ3v) is 4.75. The van der Waals surface area contributed by atoms with Crippen molar-refractivity contribution >= 4 is 17.6 Å². The number of rotatable bonds is 5. The van der Waals surface area contributed by atoms with E-state index in [1.54, 1.807) is 0 Å². The predicted octanol–water partition coefficient (Wildman–Crippen LogP) is 3.65. The summed E-state index contributed by atoms with van der Waals surface area (Å²) in [6.45, 7) is 4.08. The van der Waals surface area contributed by atoms with Crippen molar-refractivity contribution in [2.24, 2.45) is 0 Å². The van der Waals surface area contributed by atoms with Crippen LogP contribution in [0.5, 0.6) is 11.5 Å². The Kier molecular flexibility index (Phi) is 4.79. The Bertz CT molecular complexity index is 820. The summed E-state index contributed by atoms with van der Waals surface area (Å²) in [6.07, 6.45) is 2.23. The molecule has 2 heterocycles. The summed E-state index contributed by atoms with van der Waals surface area (Å²) in [6, 6.07) is 7.77. The molecule has 1 fully saturated rings. The third kappa shape index (κ3) is 4.10. The van der Waals surface area contributed by atoms with Crippen LogP contribution in [0.2, 0.25) is 0 Å². The first-order valence-electron chi connectivity index (χ1n) is 9.26. The number of fused-ring (bicyclic) bond motifs is 1. The van der Waals surface area contributed by atoms with Gasteiger partial charge in [-0.1, -0.05) is 0 Å². The quantitative estimate of drug-likeness (QED) is 0.741. The molecule has 0 radical (unpaired) electrons. The summed E-state index contributed by atoms with van der Waals surface area (Å²) in [5.41, 5.74) is 1.93. The summed E-state index contributed by atoms with van der Waals surface area (Å²) in [7, 11) is 0. The summed E-state index contributed by atoms with van der Waals surface area (Å²) in [5.74, 6) is 2.53. The molecule has 8 nitrogen and oxygen atoms in total. The molecule has 1 aromatic heterocycles. The highest BCUT2D eigenvalue weighted by Gasteiger charge is 2.30. The number of H-pyrrole nitrogens is 1. The van der Waals surface area contributed by atoms with Crippen LogP contribution in [0, 0.1) is 0 Å². The lowest BCUT2D eigenvalue weighted by molar-refractivity contribution is 0.0981. The fraction of sp³-hybridized carbons (Fsp3) is 0.474. The standard InChI is InChI=1S/C19H24N4O4/c1-11(2)20-19(24)27-14-5-3-12(7-14)15-9-18(23-22-15)21-13-4-6-16-17(8-13)26-10-25-16/h4,6,8-9,11-12,14H,3,5,7,10H2,1-2H3,(H,20,24)(H2,21,22,23)/t12-,14+/m1/s1. The number of aromatic nitrogens is 2. The summed E-state index contributed by atoms with van der Waals surface area (Å²) in [4.78, 5) is 11.8. The Morgan fingerprint density at radius 3 is 2.96 bits per heavy atom. The molecule has 144 valence electrons. The molecule has 1 aromatic carbocycles. The van der Waals surface area contributed by atoms with E-state index in [4.69, 9.17) is 14.2 Å². The van der Waals surface area contributed by atoms with Crippen molar-refractivity contribution in [3.8, 4) is 11.5 Å². The van der Waals surface area contributed by atoms with Crippen LogP contribution < -0.4 is 20.1 Å². The van der Waals surface area contributed by atoms with Gasteiger partial charge in [-0.3, -0.25) is 5.10 Å². The number of hydrogen-bond acceptors (Lipinski definition) is 6. The maximum atomic E-state index is 11.8. The van der Waals surface area contributed by atoms with E-state index in [1.165, 1.54) is 0 Å². The summed E-state index contributed by atoms with van der Waals surface area (Å²) < 4.78 is 16.2. The Morgan fingerprint density at radius 2 is 2.11 bits per heavy atom. The van der Waals surface area contributed by atoms with E-state index >= 15 is 0 Å². The second-order valence-electron chi connectivity index (χ2n) is 7.24. The highest BCUT2D eigenvalue weighted by molar-refractivity contribution is 5.67. The van der Waals surface area contributed by atoms with Crippen LogP contribution in [0.25, 0.3) is 0 Å². The second-order valence-corrected chi connectivity index (χ2v) is 7.24. The first-order chi connectivity index (χ1) is 13.1. The van der Waals surface area contributed by atoms with Gasteiger partial charge in [0.15, 0.2) is 17.3 Å². The highest BCUT2D eigenvalue weighted by Crippen LogP contribution is 2.37. The van der Waals surface area contributed by atoms with Crippen LogP contribution in [0.4, 0.5) is 16.3 Å². The smallest absolute Gasteiger partial charge is 0.407 e. The molecule has 2 aromatic rings. The fourth-order valence-electron chi connectivity index (χ4n) is 3.48. The van der Waals surface area contributed by atoms with E-state index in [0.29, 0.717) is 5.92 Å². The van der Waals surface area contributed by atoms with Gasteiger partial charge in [-0.25, -0.2) is 4.79 Å². The molecular weight excluding hydrogens is 348 g/mol. The van der Waals surface area contributed by atoms with Gasteiger partial charge in [-0.15, -0.1) is 0 Å². The van der Waals surface area contributed by atoms with Crippen molar-refractivity contribution in [2.45, 2.75) is 51.2 Å². The lowest BCUT2D eigenvalue weighted by atomic mass is 10.0. The van der Waals surface area contributed by atoms with E-state index < -0.39 is 0 Å². The number of ether oxygens (including phenoxy) is 3. The largest absolute Gasteiger partial charge is 0.454 e. The van der Waals surface area contributed by atoms with Crippen LogP contribution in [-0.2, 0) is 4.74 Å². The molecule has 3 N–H and O–H groups in total. The zero-order valence-corrected chi connectivity index (χ0v) is 15.5. The molecule has 1 saturated carbocycles. The van der Waals surface area contributed by atoms with Crippen LogP contribution in [-0.4, -0.2) is 35.2 Å². The molecule has 2 atom stereocenters. The maximum Gasteiger partial charge on any atom is 0.407 e. The van der Waals surface area contributed by atoms with Crippen LogP contribution in [0.3, 0.4) is 0 Å². The topological polar surface area (TPSA) is 97.5 Å². The van der Waals surface area contributed by atoms with Crippen LogP contribution in [0.15, 0.2) is 24.3 Å². The van der Waals surface area contributed by atoms with E-state index in [2.05, 4.69) is 20.8 Å². The molecule has 1 aliphatic carbocycles. The van der Waals surface area contributed by atoms with Gasteiger partial charge in [0.2, 0.25) is 6.79 Å². The van der Waals surface area contributed by atoms with Crippen molar-refractivity contribution in [2.75, 3.05) is 12.1 Å². The number of carbonyl (C=O) groups is 1. The van der Waals surface area contributed by atoms with Crippen molar-refractivity contribution < 1.29 is 19.0 Å². The van der Waals surface area contributed by atoms with E-state index in [-0.39, 0.29) is 25.0 Å². The molecule has 27 heavy (non-hydrogen) atoms. The van der Waals surface area contributed by atoms with Crippen molar-refractivity contribution in [3.05, 3.63) is 30.0 Å². The second kappa shape index (κ2) is 7.38. The molecule has 0 spiro atoms. The number of alkyl carbamates (subject to hydrolysis) is 1. The average molecular weight is 372 g/mol. The average Bonchev–Trinajstić information content (AvgIpc) is 3.33. The first kappa shape index (κ1) is 17.5. The van der Waals surface area contributed by atoms with Gasteiger partial charge < -0.3 is 24.8 Å². The molecule has 0 saturated heterocycles. The first-order valence-corrected chi connectivity index (χ1v) is 9.26. The van der Waals surface area contributed by atoms with Gasteiger partial charge in [0, 0.05) is 35.5 Å². The Hall–Kier alpha value is -2.90. The third-order valence-electron chi connectivity index (χ3n) is 4.75. The Balaban J connectivity index is 1.34. The number of nitrogens with one attached hydrogen (secondary N) is 3. The number of benzene rings is 1. The number of carbonyl (C=O) groups excluding carboxylic acids is 1. The van der Waals surface area contributed by atoms with E-state index in [9.17, 15) is 4.79 Å². The molecular formula is C19H24N4O4. The van der Waals surface area contributed by atoms with Gasteiger partial charge in [-0.05, 0) is 45.2 Å². The number of hydrogen-bond donors (Lipinski definition) is 3. The monoisotopic (exact) mass is 372 g/mol. The number of amides is 1. The lowest BCUT2D eigenvalue weighted by Crippen LogP contribution is -2.33. The lowest BCUT2D eigenvalue weighted by Gasteiger charge is -2.14. The van der Waals surface area contributed by atoms with Crippen LogP contribution >= 0.6 is 0 Å². The molecule has 1 aliphatic heterocycles. The molecule has 8 heteroatoms. The maximum absolute atomic E-state index is 11.8. The van der Waals surface area contributed by atoms with E-state index in [1.807, 2.05) is 38.1 Å². The summed E-state index contributed by atoms with van der Waals surface area (Å²) >= 11 is 0. The molecule has 1 amide bonds. The van der Waals surface area contributed by atoms with Gasteiger partial charge in [0.05, 0.1) is 0 Å². The fourth-order valence-corrected chi connectivity index (χ4v) is 3.48. The van der Waals surface area contributed by atoms with Gasteiger partial charge in [0.25, 0.3) is 0 Å². The minimum Gasteiger partial charge on any atom is -0.454 e. The van der Waals surface area contributed by atoms with Crippen LogP contribution in [0.1, 0.15) is 44.7 Å². The van der Waals surface area contributed by atoms with Crippen molar-refractivity contribution in [1.29, 1.82) is 0 Å². The predicted molar refractivity (Wildman–Crippen MR) is 99.6 cm³/mol. The number of nitrogens with zero attached hydrogens (tertiary/aromatic N) is 1. The normalized spacial score (nSPS) is 20.7. The minimum absolute atomic E-state index is 0.0534. The van der Waals surface area contributed by atoms with Crippen molar-refractivity contribution in [1.82, 2.24) is 15.5 Å². The molecule has 2 aliphatic rings. The van der Waals surface area contributed by atoms with Crippen molar-refractivity contribution in [3.63, 3.8) is 0 Å². The molecule has 4 rings (SSSR count).